The Bertz CT molecular complexity index is 442. The van der Waals surface area contributed by atoms with Gasteiger partial charge >= 0.3 is 0 Å². The van der Waals surface area contributed by atoms with Gasteiger partial charge in [-0.1, -0.05) is 35.2 Å². The summed E-state index contributed by atoms with van der Waals surface area (Å²) in [6.45, 7) is 0.707. The molecule has 1 aliphatic rings. The third kappa shape index (κ3) is 4.89. The molecule has 1 aromatic rings. The number of benzene rings is 1. The van der Waals surface area contributed by atoms with Crippen molar-refractivity contribution < 1.29 is 9.90 Å². The van der Waals surface area contributed by atoms with Crippen molar-refractivity contribution in [1.29, 1.82) is 0 Å². The van der Waals surface area contributed by atoms with Crippen LogP contribution in [0.25, 0.3) is 0 Å². The molecule has 4 nitrogen and oxygen atoms in total. The van der Waals surface area contributed by atoms with Crippen molar-refractivity contribution in [3.05, 3.63) is 28.7 Å². The van der Waals surface area contributed by atoms with Gasteiger partial charge in [0.1, 0.15) is 0 Å². The first-order valence-electron chi connectivity index (χ1n) is 7.06. The maximum atomic E-state index is 11.8. The van der Waals surface area contributed by atoms with Gasteiger partial charge in [-0.2, -0.15) is 0 Å². The molecule has 0 heterocycles. The number of rotatable bonds is 5. The minimum Gasteiger partial charge on any atom is -0.389 e. The summed E-state index contributed by atoms with van der Waals surface area (Å²) in [6, 6.07) is 7.45. The Labute approximate surface area is 128 Å². The van der Waals surface area contributed by atoms with Gasteiger partial charge in [-0.3, -0.25) is 4.79 Å². The zero-order valence-electron chi connectivity index (χ0n) is 11.5. The van der Waals surface area contributed by atoms with E-state index in [9.17, 15) is 9.90 Å². The van der Waals surface area contributed by atoms with E-state index in [0.29, 0.717) is 6.54 Å². The molecule has 1 saturated carbocycles. The predicted molar refractivity (Wildman–Crippen MR) is 83.7 cm³/mol. The average Bonchev–Trinajstić information content (AvgIpc) is 2.42. The normalized spacial score (nSPS) is 17.7. The number of carbonyl (C=O) groups excluding carboxylic acids is 1. The zero-order valence-corrected chi connectivity index (χ0v) is 13.1. The fraction of sp³-hybridized carbons (Fsp3) is 0.533. The van der Waals surface area contributed by atoms with Gasteiger partial charge in [0.05, 0.1) is 12.1 Å². The number of anilines is 1. The van der Waals surface area contributed by atoms with Gasteiger partial charge in [0.15, 0.2) is 0 Å². The zero-order chi connectivity index (χ0) is 14.4. The Kier molecular flexibility index (Phi) is 5.57. The molecular formula is C15H21BrN2O2. The lowest BCUT2D eigenvalue weighted by Gasteiger charge is -2.32. The van der Waals surface area contributed by atoms with Crippen LogP contribution in [0.3, 0.4) is 0 Å². The number of halogens is 1. The minimum absolute atomic E-state index is 0.0910. The van der Waals surface area contributed by atoms with Gasteiger partial charge in [-0.05, 0) is 37.1 Å². The van der Waals surface area contributed by atoms with Crippen LogP contribution in [0.2, 0.25) is 0 Å². The molecule has 1 aliphatic carbocycles. The number of amides is 1. The van der Waals surface area contributed by atoms with Crippen molar-refractivity contribution in [3.63, 3.8) is 0 Å². The molecule has 110 valence electrons. The quantitative estimate of drug-likeness (QED) is 0.772. The molecule has 0 aromatic heterocycles. The van der Waals surface area contributed by atoms with Crippen molar-refractivity contribution in [3.8, 4) is 0 Å². The summed E-state index contributed by atoms with van der Waals surface area (Å²) in [5.41, 5.74) is 0.146. The predicted octanol–water partition coefficient (Wildman–Crippen LogP) is 2.67. The molecule has 5 heteroatoms. The smallest absolute Gasteiger partial charge is 0.238 e. The first-order valence-corrected chi connectivity index (χ1v) is 7.85. The van der Waals surface area contributed by atoms with Crippen molar-refractivity contribution in [2.45, 2.75) is 37.7 Å². The van der Waals surface area contributed by atoms with E-state index in [2.05, 4.69) is 26.6 Å². The molecule has 0 aliphatic heterocycles. The van der Waals surface area contributed by atoms with Gasteiger partial charge in [0.25, 0.3) is 0 Å². The third-order valence-electron chi connectivity index (χ3n) is 3.65. The fourth-order valence-corrected chi connectivity index (χ4v) is 2.80. The van der Waals surface area contributed by atoms with Gasteiger partial charge in [0, 0.05) is 16.7 Å². The molecule has 1 fully saturated rings. The number of hydrogen-bond acceptors (Lipinski definition) is 3. The number of hydrogen-bond donors (Lipinski definition) is 3. The van der Waals surface area contributed by atoms with Gasteiger partial charge in [-0.15, -0.1) is 0 Å². The Balaban J connectivity index is 1.71. The van der Waals surface area contributed by atoms with Crippen LogP contribution in [0.15, 0.2) is 28.7 Å². The molecular weight excluding hydrogens is 320 g/mol. The van der Waals surface area contributed by atoms with Crippen LogP contribution in [0.5, 0.6) is 0 Å². The van der Waals surface area contributed by atoms with E-state index in [-0.39, 0.29) is 12.5 Å². The lowest BCUT2D eigenvalue weighted by atomic mass is 9.85. The summed E-state index contributed by atoms with van der Waals surface area (Å²) in [5, 5.41) is 16.2. The van der Waals surface area contributed by atoms with Gasteiger partial charge < -0.3 is 15.7 Å². The molecule has 3 N–H and O–H groups in total. The Morgan fingerprint density at radius 3 is 2.50 bits per heavy atom. The van der Waals surface area contributed by atoms with Crippen LogP contribution in [-0.2, 0) is 4.79 Å². The van der Waals surface area contributed by atoms with E-state index < -0.39 is 5.60 Å². The Hall–Kier alpha value is -0.910. The van der Waals surface area contributed by atoms with E-state index in [0.717, 1.165) is 35.8 Å². The van der Waals surface area contributed by atoms with Crippen molar-refractivity contribution in [2.24, 2.45) is 0 Å². The van der Waals surface area contributed by atoms with E-state index in [1.807, 2.05) is 24.3 Å². The second-order valence-corrected chi connectivity index (χ2v) is 6.36. The van der Waals surface area contributed by atoms with E-state index in [1.165, 1.54) is 6.42 Å². The molecule has 0 spiro atoms. The SMILES string of the molecule is O=C(CNCC1(O)CCCCC1)Nc1ccc(Br)cc1. The first kappa shape index (κ1) is 15.5. The van der Waals surface area contributed by atoms with E-state index in [4.69, 9.17) is 0 Å². The highest BCUT2D eigenvalue weighted by Gasteiger charge is 2.28. The summed E-state index contributed by atoms with van der Waals surface area (Å²) in [7, 11) is 0. The molecule has 0 atom stereocenters. The van der Waals surface area contributed by atoms with Crippen molar-refractivity contribution in [1.82, 2.24) is 5.32 Å². The average molecular weight is 341 g/mol. The molecule has 0 unspecified atom stereocenters. The van der Waals surface area contributed by atoms with Gasteiger partial charge in [0.2, 0.25) is 5.91 Å². The van der Waals surface area contributed by atoms with Crippen LogP contribution in [0, 0.1) is 0 Å². The summed E-state index contributed by atoms with van der Waals surface area (Å²) >= 11 is 3.35. The molecule has 2 rings (SSSR count). The number of nitrogens with one attached hydrogen (secondary N) is 2. The van der Waals surface area contributed by atoms with Crippen LogP contribution in [0.4, 0.5) is 5.69 Å². The lowest BCUT2D eigenvalue weighted by molar-refractivity contribution is -0.115. The van der Waals surface area contributed by atoms with E-state index >= 15 is 0 Å². The standard InChI is InChI=1S/C15H21BrN2O2/c16-12-4-6-13(7-5-12)18-14(19)10-17-11-15(20)8-2-1-3-9-15/h4-7,17,20H,1-3,8-11H2,(H,18,19). The molecule has 1 aromatic carbocycles. The second kappa shape index (κ2) is 7.20. The monoisotopic (exact) mass is 340 g/mol. The molecule has 20 heavy (non-hydrogen) atoms. The van der Waals surface area contributed by atoms with E-state index in [1.54, 1.807) is 0 Å². The van der Waals surface area contributed by atoms with Crippen LogP contribution < -0.4 is 10.6 Å². The third-order valence-corrected chi connectivity index (χ3v) is 4.18. The minimum atomic E-state index is -0.629. The first-order chi connectivity index (χ1) is 9.57. The largest absolute Gasteiger partial charge is 0.389 e. The topological polar surface area (TPSA) is 61.4 Å². The second-order valence-electron chi connectivity index (χ2n) is 5.44. The van der Waals surface area contributed by atoms with Crippen molar-refractivity contribution >= 4 is 27.5 Å². The highest BCUT2D eigenvalue weighted by atomic mass is 79.9. The van der Waals surface area contributed by atoms with Crippen LogP contribution in [-0.4, -0.2) is 29.7 Å². The Morgan fingerprint density at radius 2 is 1.85 bits per heavy atom. The summed E-state index contributed by atoms with van der Waals surface area (Å²) < 4.78 is 0.980. The van der Waals surface area contributed by atoms with Crippen LogP contribution in [0.1, 0.15) is 32.1 Å². The molecule has 0 radical (unpaired) electrons. The molecule has 0 saturated heterocycles. The maximum Gasteiger partial charge on any atom is 0.238 e. The molecule has 0 bridgehead atoms. The van der Waals surface area contributed by atoms with Gasteiger partial charge in [-0.25, -0.2) is 0 Å². The lowest BCUT2D eigenvalue weighted by Crippen LogP contribution is -2.44. The van der Waals surface area contributed by atoms with Crippen molar-refractivity contribution in [2.75, 3.05) is 18.4 Å². The summed E-state index contributed by atoms with van der Waals surface area (Å²) in [6.07, 6.45) is 5.00. The van der Waals surface area contributed by atoms with Crippen LogP contribution >= 0.6 is 15.9 Å². The number of aliphatic hydroxyl groups is 1. The summed E-state index contributed by atoms with van der Waals surface area (Å²) in [4.78, 5) is 11.8. The highest BCUT2D eigenvalue weighted by Crippen LogP contribution is 2.27. The summed E-state index contributed by atoms with van der Waals surface area (Å²) in [5.74, 6) is -0.0910. The highest BCUT2D eigenvalue weighted by molar-refractivity contribution is 9.10. The fourth-order valence-electron chi connectivity index (χ4n) is 2.53. The molecule has 1 amide bonds. The Morgan fingerprint density at radius 1 is 1.20 bits per heavy atom. The maximum absolute atomic E-state index is 11.8. The number of carbonyl (C=O) groups is 1.